The van der Waals surface area contributed by atoms with Gasteiger partial charge in [0.2, 0.25) is 0 Å². The molecule has 0 radical (unpaired) electrons. The maximum absolute atomic E-state index is 5.32. The van der Waals surface area contributed by atoms with Gasteiger partial charge in [-0.3, -0.25) is 4.99 Å². The van der Waals surface area contributed by atoms with E-state index >= 15 is 0 Å². The number of ether oxygens (including phenoxy) is 1. The highest BCUT2D eigenvalue weighted by atomic mass is 127. The van der Waals surface area contributed by atoms with Crippen molar-refractivity contribution in [2.45, 2.75) is 19.8 Å². The van der Waals surface area contributed by atoms with E-state index in [1.54, 1.807) is 13.4 Å². The van der Waals surface area contributed by atoms with Crippen LogP contribution in [0, 0.1) is 0 Å². The monoisotopic (exact) mass is 438 g/mol. The van der Waals surface area contributed by atoms with Gasteiger partial charge in [0.1, 0.15) is 5.76 Å². The summed E-state index contributed by atoms with van der Waals surface area (Å²) in [5, 5.41) is 6.58. The summed E-state index contributed by atoms with van der Waals surface area (Å²) >= 11 is 0. The molecule has 6 nitrogen and oxygen atoms in total. The Hall–Kier alpha value is -0.800. The molecule has 0 atom stereocenters. The van der Waals surface area contributed by atoms with Crippen LogP contribution in [-0.2, 0) is 11.2 Å². The fourth-order valence-corrected chi connectivity index (χ4v) is 2.02. The van der Waals surface area contributed by atoms with E-state index in [9.17, 15) is 0 Å². The Morgan fingerprint density at radius 1 is 1.35 bits per heavy atom. The molecule has 1 aromatic rings. The van der Waals surface area contributed by atoms with Gasteiger partial charge in [0.15, 0.2) is 5.96 Å². The smallest absolute Gasteiger partial charge is 0.191 e. The van der Waals surface area contributed by atoms with Crippen LogP contribution in [0.15, 0.2) is 27.8 Å². The van der Waals surface area contributed by atoms with Crippen LogP contribution in [0.1, 0.15) is 19.1 Å². The van der Waals surface area contributed by atoms with E-state index in [0.717, 1.165) is 63.9 Å². The SMILES string of the molecule is CCNC(=NCCN(C)CCCOC)NCCc1ccco1.I. The molecule has 2 N–H and O–H groups in total. The van der Waals surface area contributed by atoms with Gasteiger partial charge in [-0.2, -0.15) is 0 Å². The number of halogens is 1. The van der Waals surface area contributed by atoms with E-state index in [0.29, 0.717) is 0 Å². The lowest BCUT2D eigenvalue weighted by atomic mass is 10.3. The van der Waals surface area contributed by atoms with Gasteiger partial charge in [-0.1, -0.05) is 0 Å². The maximum atomic E-state index is 5.32. The summed E-state index contributed by atoms with van der Waals surface area (Å²) in [6.07, 6.45) is 3.61. The third-order valence-corrected chi connectivity index (χ3v) is 3.23. The van der Waals surface area contributed by atoms with E-state index in [1.165, 1.54) is 0 Å². The van der Waals surface area contributed by atoms with Crippen LogP contribution in [-0.4, -0.2) is 64.3 Å². The van der Waals surface area contributed by atoms with Crippen molar-refractivity contribution in [1.29, 1.82) is 0 Å². The zero-order valence-electron chi connectivity index (χ0n) is 14.5. The molecule has 0 aromatic carbocycles. The van der Waals surface area contributed by atoms with Crippen LogP contribution in [0.25, 0.3) is 0 Å². The molecular formula is C16H31IN4O2. The average Bonchev–Trinajstić information content (AvgIpc) is 3.01. The second-order valence-corrected chi connectivity index (χ2v) is 5.17. The molecule has 134 valence electrons. The molecule has 0 fully saturated rings. The van der Waals surface area contributed by atoms with Crippen molar-refractivity contribution in [1.82, 2.24) is 15.5 Å². The quantitative estimate of drug-likeness (QED) is 0.240. The standard InChI is InChI=1S/C16H30N4O2.HI/c1-4-17-16(18-9-8-15-7-5-14-22-15)19-10-12-20(2)11-6-13-21-3;/h5,7,14H,4,6,8-13H2,1-3H3,(H2,17,18,19);1H. The number of likely N-dealkylation sites (N-methyl/N-ethyl adjacent to an activating group) is 1. The van der Waals surface area contributed by atoms with Crippen molar-refractivity contribution in [2.75, 3.05) is 53.5 Å². The van der Waals surface area contributed by atoms with Gasteiger partial charge < -0.3 is 24.7 Å². The highest BCUT2D eigenvalue weighted by molar-refractivity contribution is 14.0. The molecule has 0 unspecified atom stereocenters. The molecule has 1 heterocycles. The molecule has 7 heteroatoms. The molecule has 1 rings (SSSR count). The first-order valence-electron chi connectivity index (χ1n) is 7.98. The van der Waals surface area contributed by atoms with E-state index in [4.69, 9.17) is 9.15 Å². The van der Waals surface area contributed by atoms with Gasteiger partial charge in [-0.05, 0) is 32.5 Å². The summed E-state index contributed by atoms with van der Waals surface area (Å²) in [4.78, 5) is 6.86. The average molecular weight is 438 g/mol. The van der Waals surface area contributed by atoms with Crippen molar-refractivity contribution in [3.05, 3.63) is 24.2 Å². The number of rotatable bonds is 11. The Morgan fingerprint density at radius 2 is 2.17 bits per heavy atom. The zero-order chi connectivity index (χ0) is 16.0. The predicted octanol–water partition coefficient (Wildman–Crippen LogP) is 1.96. The van der Waals surface area contributed by atoms with Crippen LogP contribution in [0.2, 0.25) is 0 Å². The minimum Gasteiger partial charge on any atom is -0.469 e. The Labute approximate surface area is 157 Å². The molecule has 0 aliphatic heterocycles. The number of nitrogens with zero attached hydrogens (tertiary/aromatic N) is 2. The molecule has 0 aliphatic rings. The third kappa shape index (κ3) is 11.4. The number of nitrogens with one attached hydrogen (secondary N) is 2. The summed E-state index contributed by atoms with van der Waals surface area (Å²) in [6, 6.07) is 3.90. The minimum absolute atomic E-state index is 0. The van der Waals surface area contributed by atoms with Gasteiger partial charge in [0.05, 0.1) is 12.8 Å². The molecule has 23 heavy (non-hydrogen) atoms. The van der Waals surface area contributed by atoms with Gasteiger partial charge >= 0.3 is 0 Å². The normalized spacial score (nSPS) is 11.4. The molecular weight excluding hydrogens is 407 g/mol. The number of aliphatic imine (C=N–C) groups is 1. The number of hydrogen-bond donors (Lipinski definition) is 2. The summed E-state index contributed by atoms with van der Waals surface area (Å²) in [5.74, 6) is 1.85. The van der Waals surface area contributed by atoms with E-state index in [1.807, 2.05) is 12.1 Å². The lowest BCUT2D eigenvalue weighted by Crippen LogP contribution is -2.39. The van der Waals surface area contributed by atoms with Crippen LogP contribution >= 0.6 is 24.0 Å². The second kappa shape index (κ2) is 14.8. The fraction of sp³-hybridized carbons (Fsp3) is 0.688. The number of guanidine groups is 1. The van der Waals surface area contributed by atoms with E-state index < -0.39 is 0 Å². The summed E-state index contributed by atoms with van der Waals surface area (Å²) in [6.45, 7) is 7.30. The van der Waals surface area contributed by atoms with Crippen LogP contribution in [0.4, 0.5) is 0 Å². The molecule has 0 saturated carbocycles. The Kier molecular flexibility index (Phi) is 14.3. The Bertz CT molecular complexity index is 399. The summed E-state index contributed by atoms with van der Waals surface area (Å²) in [5.41, 5.74) is 0. The molecule has 0 bridgehead atoms. The van der Waals surface area contributed by atoms with Crippen molar-refractivity contribution in [3.63, 3.8) is 0 Å². The third-order valence-electron chi connectivity index (χ3n) is 3.23. The molecule has 0 saturated heterocycles. The van der Waals surface area contributed by atoms with Crippen LogP contribution < -0.4 is 10.6 Å². The van der Waals surface area contributed by atoms with Crippen molar-refractivity contribution >= 4 is 29.9 Å². The highest BCUT2D eigenvalue weighted by Crippen LogP contribution is 1.99. The fourth-order valence-electron chi connectivity index (χ4n) is 2.02. The lowest BCUT2D eigenvalue weighted by Gasteiger charge is -2.16. The van der Waals surface area contributed by atoms with Gasteiger partial charge in [-0.25, -0.2) is 0 Å². The maximum Gasteiger partial charge on any atom is 0.191 e. The molecule has 1 aromatic heterocycles. The molecule has 0 aliphatic carbocycles. The number of hydrogen-bond acceptors (Lipinski definition) is 4. The van der Waals surface area contributed by atoms with E-state index in [2.05, 4.69) is 34.5 Å². The van der Waals surface area contributed by atoms with Gasteiger partial charge in [0.25, 0.3) is 0 Å². The van der Waals surface area contributed by atoms with Crippen LogP contribution in [0.5, 0.6) is 0 Å². The second-order valence-electron chi connectivity index (χ2n) is 5.17. The minimum atomic E-state index is 0. The predicted molar refractivity (Wildman–Crippen MR) is 106 cm³/mol. The summed E-state index contributed by atoms with van der Waals surface area (Å²) < 4.78 is 10.4. The van der Waals surface area contributed by atoms with Crippen molar-refractivity contribution in [2.24, 2.45) is 4.99 Å². The van der Waals surface area contributed by atoms with Crippen molar-refractivity contribution < 1.29 is 9.15 Å². The van der Waals surface area contributed by atoms with Crippen LogP contribution in [0.3, 0.4) is 0 Å². The van der Waals surface area contributed by atoms with Gasteiger partial charge in [0, 0.05) is 46.3 Å². The lowest BCUT2D eigenvalue weighted by molar-refractivity contribution is 0.180. The Balaban J connectivity index is 0.00000484. The first-order chi connectivity index (χ1) is 10.8. The number of methoxy groups -OCH3 is 1. The first kappa shape index (κ1) is 22.2. The molecule has 0 spiro atoms. The van der Waals surface area contributed by atoms with Crippen molar-refractivity contribution in [3.8, 4) is 0 Å². The highest BCUT2D eigenvalue weighted by Gasteiger charge is 2.00. The number of furan rings is 1. The topological polar surface area (TPSA) is 62.0 Å². The zero-order valence-corrected chi connectivity index (χ0v) is 16.8. The summed E-state index contributed by atoms with van der Waals surface area (Å²) in [7, 11) is 3.85. The molecule has 0 amide bonds. The van der Waals surface area contributed by atoms with Gasteiger partial charge in [-0.15, -0.1) is 24.0 Å². The van der Waals surface area contributed by atoms with E-state index in [-0.39, 0.29) is 24.0 Å². The Morgan fingerprint density at radius 3 is 2.83 bits per heavy atom. The first-order valence-corrected chi connectivity index (χ1v) is 7.98. The largest absolute Gasteiger partial charge is 0.469 e.